The number of aromatic nitrogens is 4. The minimum Gasteiger partial charge on any atom is -0.399 e. The molecule has 1 heterocycles. The van der Waals surface area contributed by atoms with E-state index in [-0.39, 0.29) is 0 Å². The number of hydrogen-bond acceptors (Lipinski definition) is 4. The first-order valence-corrected chi connectivity index (χ1v) is 6.36. The van der Waals surface area contributed by atoms with Gasteiger partial charge in [-0.15, -0.1) is 5.10 Å². The van der Waals surface area contributed by atoms with Crippen molar-refractivity contribution in [2.45, 2.75) is 13.8 Å². The van der Waals surface area contributed by atoms with Crippen molar-refractivity contribution >= 4 is 5.69 Å². The molecule has 20 heavy (non-hydrogen) atoms. The van der Waals surface area contributed by atoms with Gasteiger partial charge in [-0.2, -0.15) is 4.68 Å². The van der Waals surface area contributed by atoms with Crippen molar-refractivity contribution in [1.29, 1.82) is 0 Å². The van der Waals surface area contributed by atoms with Gasteiger partial charge in [0.15, 0.2) is 5.82 Å². The average molecular weight is 265 g/mol. The standard InChI is InChI=1S/C15H15N5/c1-10-6-11(2)8-14(7-10)20-15(17-18-19-20)12-4-3-5-13(16)9-12/h3-9H,16H2,1-2H3. The van der Waals surface area contributed by atoms with Gasteiger partial charge >= 0.3 is 0 Å². The predicted octanol–water partition coefficient (Wildman–Crippen LogP) is 2.53. The van der Waals surface area contributed by atoms with Crippen LogP contribution in [0.2, 0.25) is 0 Å². The van der Waals surface area contributed by atoms with Gasteiger partial charge in [-0.1, -0.05) is 18.2 Å². The molecule has 0 saturated carbocycles. The van der Waals surface area contributed by atoms with Crippen molar-refractivity contribution in [2.75, 3.05) is 5.73 Å². The topological polar surface area (TPSA) is 69.6 Å². The van der Waals surface area contributed by atoms with E-state index in [0.717, 1.165) is 11.3 Å². The summed E-state index contributed by atoms with van der Waals surface area (Å²) in [4.78, 5) is 0. The molecule has 0 radical (unpaired) electrons. The lowest BCUT2D eigenvalue weighted by molar-refractivity contribution is 0.790. The summed E-state index contributed by atoms with van der Waals surface area (Å²) in [7, 11) is 0. The summed E-state index contributed by atoms with van der Waals surface area (Å²) in [5.74, 6) is 0.683. The fourth-order valence-electron chi connectivity index (χ4n) is 2.29. The molecule has 3 rings (SSSR count). The van der Waals surface area contributed by atoms with Crippen LogP contribution in [-0.2, 0) is 0 Å². The summed E-state index contributed by atoms with van der Waals surface area (Å²) in [5, 5.41) is 12.0. The van der Waals surface area contributed by atoms with Gasteiger partial charge in [0.05, 0.1) is 5.69 Å². The monoisotopic (exact) mass is 265 g/mol. The zero-order valence-corrected chi connectivity index (χ0v) is 11.4. The highest BCUT2D eigenvalue weighted by Gasteiger charge is 2.11. The highest BCUT2D eigenvalue weighted by molar-refractivity contribution is 5.62. The molecule has 0 aliphatic carbocycles. The van der Waals surface area contributed by atoms with E-state index in [2.05, 4.69) is 47.6 Å². The van der Waals surface area contributed by atoms with E-state index in [9.17, 15) is 0 Å². The van der Waals surface area contributed by atoms with Crippen LogP contribution in [0.5, 0.6) is 0 Å². The van der Waals surface area contributed by atoms with Gasteiger partial charge in [0, 0.05) is 11.3 Å². The van der Waals surface area contributed by atoms with Gasteiger partial charge in [-0.3, -0.25) is 0 Å². The molecule has 1 aromatic heterocycles. The molecule has 0 aliphatic heterocycles. The lowest BCUT2D eigenvalue weighted by atomic mass is 10.1. The summed E-state index contributed by atoms with van der Waals surface area (Å²) in [6.45, 7) is 4.11. The Hall–Kier alpha value is -2.69. The second-order valence-electron chi connectivity index (χ2n) is 4.89. The van der Waals surface area contributed by atoms with Crippen LogP contribution in [0.1, 0.15) is 11.1 Å². The Morgan fingerprint density at radius 2 is 1.75 bits per heavy atom. The Labute approximate surface area is 117 Å². The summed E-state index contributed by atoms with van der Waals surface area (Å²) in [5.41, 5.74) is 10.7. The van der Waals surface area contributed by atoms with Crippen molar-refractivity contribution in [3.63, 3.8) is 0 Å². The maximum Gasteiger partial charge on any atom is 0.187 e. The molecule has 2 aromatic carbocycles. The SMILES string of the molecule is Cc1cc(C)cc(-n2nnnc2-c2cccc(N)c2)c1. The zero-order chi connectivity index (χ0) is 14.1. The lowest BCUT2D eigenvalue weighted by Crippen LogP contribution is -2.01. The van der Waals surface area contributed by atoms with E-state index >= 15 is 0 Å². The van der Waals surface area contributed by atoms with Gasteiger partial charge in [-0.05, 0) is 59.7 Å². The summed E-state index contributed by atoms with van der Waals surface area (Å²) in [6, 6.07) is 13.8. The Kier molecular flexibility index (Phi) is 2.95. The second kappa shape index (κ2) is 4.77. The number of nitrogen functional groups attached to an aromatic ring is 1. The Bertz CT molecular complexity index is 740. The van der Waals surface area contributed by atoms with Crippen molar-refractivity contribution < 1.29 is 0 Å². The van der Waals surface area contributed by atoms with E-state index in [4.69, 9.17) is 5.73 Å². The Balaban J connectivity index is 2.15. The van der Waals surface area contributed by atoms with Crippen LogP contribution in [0.25, 0.3) is 17.1 Å². The molecule has 0 fully saturated rings. The molecule has 5 heteroatoms. The van der Waals surface area contributed by atoms with E-state index in [0.29, 0.717) is 11.5 Å². The van der Waals surface area contributed by atoms with Crippen molar-refractivity contribution in [1.82, 2.24) is 20.2 Å². The average Bonchev–Trinajstić information content (AvgIpc) is 2.86. The molecular formula is C15H15N5. The third-order valence-corrected chi connectivity index (χ3v) is 3.07. The van der Waals surface area contributed by atoms with E-state index in [1.54, 1.807) is 4.68 Å². The van der Waals surface area contributed by atoms with Crippen LogP contribution in [0, 0.1) is 13.8 Å². The second-order valence-corrected chi connectivity index (χ2v) is 4.89. The summed E-state index contributed by atoms with van der Waals surface area (Å²) < 4.78 is 1.73. The van der Waals surface area contributed by atoms with Crippen LogP contribution in [0.3, 0.4) is 0 Å². The third-order valence-electron chi connectivity index (χ3n) is 3.07. The zero-order valence-electron chi connectivity index (χ0n) is 11.4. The third kappa shape index (κ3) is 2.25. The first kappa shape index (κ1) is 12.3. The first-order valence-electron chi connectivity index (χ1n) is 6.36. The molecule has 5 nitrogen and oxygen atoms in total. The van der Waals surface area contributed by atoms with Crippen molar-refractivity contribution in [3.8, 4) is 17.1 Å². The lowest BCUT2D eigenvalue weighted by Gasteiger charge is -2.07. The predicted molar refractivity (Wildman–Crippen MR) is 78.5 cm³/mol. The van der Waals surface area contributed by atoms with Gasteiger partial charge in [-0.25, -0.2) is 0 Å². The van der Waals surface area contributed by atoms with Crippen molar-refractivity contribution in [3.05, 3.63) is 53.6 Å². The molecule has 0 aliphatic rings. The minimum absolute atomic E-state index is 0.683. The molecule has 0 saturated heterocycles. The van der Waals surface area contributed by atoms with Gasteiger partial charge < -0.3 is 5.73 Å². The normalized spacial score (nSPS) is 10.7. The molecule has 100 valence electrons. The number of aryl methyl sites for hydroxylation is 2. The number of tetrazole rings is 1. The Morgan fingerprint density at radius 3 is 2.45 bits per heavy atom. The number of nitrogens with two attached hydrogens (primary N) is 1. The van der Waals surface area contributed by atoms with E-state index < -0.39 is 0 Å². The molecule has 0 unspecified atom stereocenters. The number of anilines is 1. The molecule has 0 spiro atoms. The van der Waals surface area contributed by atoms with Gasteiger partial charge in [0.25, 0.3) is 0 Å². The first-order chi connectivity index (χ1) is 9.63. The minimum atomic E-state index is 0.683. The number of nitrogens with zero attached hydrogens (tertiary/aromatic N) is 4. The highest BCUT2D eigenvalue weighted by Crippen LogP contribution is 2.22. The van der Waals surface area contributed by atoms with Crippen molar-refractivity contribution in [2.24, 2.45) is 0 Å². The molecular weight excluding hydrogens is 250 g/mol. The smallest absolute Gasteiger partial charge is 0.187 e. The molecule has 0 atom stereocenters. The van der Waals surface area contributed by atoms with Gasteiger partial charge in [0.2, 0.25) is 0 Å². The number of benzene rings is 2. The highest BCUT2D eigenvalue weighted by atomic mass is 15.5. The van der Waals surface area contributed by atoms with Crippen LogP contribution in [0.15, 0.2) is 42.5 Å². The molecule has 0 bridgehead atoms. The fourth-order valence-corrected chi connectivity index (χ4v) is 2.29. The van der Waals surface area contributed by atoms with E-state index in [1.165, 1.54) is 11.1 Å². The van der Waals surface area contributed by atoms with Gasteiger partial charge in [0.1, 0.15) is 0 Å². The molecule has 2 N–H and O–H groups in total. The maximum absolute atomic E-state index is 5.82. The fraction of sp³-hybridized carbons (Fsp3) is 0.133. The Morgan fingerprint density at radius 1 is 1.00 bits per heavy atom. The maximum atomic E-state index is 5.82. The van der Waals surface area contributed by atoms with Crippen LogP contribution >= 0.6 is 0 Å². The quantitative estimate of drug-likeness (QED) is 0.723. The molecule has 0 amide bonds. The van der Waals surface area contributed by atoms with E-state index in [1.807, 2.05) is 24.3 Å². The van der Waals surface area contributed by atoms with Crippen LogP contribution < -0.4 is 5.73 Å². The van der Waals surface area contributed by atoms with Crippen LogP contribution in [-0.4, -0.2) is 20.2 Å². The number of hydrogen-bond donors (Lipinski definition) is 1. The molecule has 3 aromatic rings. The van der Waals surface area contributed by atoms with Crippen LogP contribution in [0.4, 0.5) is 5.69 Å². The largest absolute Gasteiger partial charge is 0.399 e. The summed E-state index contributed by atoms with van der Waals surface area (Å²) in [6.07, 6.45) is 0. The number of rotatable bonds is 2. The summed E-state index contributed by atoms with van der Waals surface area (Å²) >= 11 is 0.